The predicted molar refractivity (Wildman–Crippen MR) is 79.0 cm³/mol. The molecule has 0 spiro atoms. The van der Waals surface area contributed by atoms with Crippen LogP contribution in [0.5, 0.6) is 0 Å². The van der Waals surface area contributed by atoms with Crippen LogP contribution in [0.25, 0.3) is 0 Å². The van der Waals surface area contributed by atoms with Crippen LogP contribution >= 0.6 is 0 Å². The van der Waals surface area contributed by atoms with Crippen LogP contribution in [0.2, 0.25) is 0 Å². The lowest BCUT2D eigenvalue weighted by Gasteiger charge is -2.28. The number of urea groups is 1. The molecule has 0 radical (unpaired) electrons. The maximum absolute atomic E-state index is 11.8. The van der Waals surface area contributed by atoms with E-state index in [0.717, 1.165) is 12.2 Å². The normalized spacial score (nSPS) is 22.8. The standard InChI is InChI=1S/C15H23N3O/c1-11-4-2-3-5-12(11)10-17-15(19)18-14-8-6-13(16)7-9-14/h6-9,11-12H,2-5,10,16H2,1H3,(H2,17,18,19). The molecule has 4 N–H and O–H groups in total. The first kappa shape index (κ1) is 13.7. The molecule has 2 atom stereocenters. The second kappa shape index (κ2) is 6.45. The minimum atomic E-state index is -0.137. The van der Waals surface area contributed by atoms with Crippen LogP contribution in [0, 0.1) is 11.8 Å². The van der Waals surface area contributed by atoms with Gasteiger partial charge in [0, 0.05) is 17.9 Å². The van der Waals surface area contributed by atoms with Gasteiger partial charge in [-0.15, -0.1) is 0 Å². The molecule has 1 aromatic carbocycles. The number of rotatable bonds is 3. The molecule has 104 valence electrons. The summed E-state index contributed by atoms with van der Waals surface area (Å²) in [6.45, 7) is 3.05. The summed E-state index contributed by atoms with van der Waals surface area (Å²) in [5, 5.41) is 5.78. The van der Waals surface area contributed by atoms with Crippen LogP contribution in [-0.2, 0) is 0 Å². The molecule has 2 unspecified atom stereocenters. The van der Waals surface area contributed by atoms with Crippen molar-refractivity contribution in [3.8, 4) is 0 Å². The Kier molecular flexibility index (Phi) is 4.66. The van der Waals surface area contributed by atoms with E-state index in [1.807, 2.05) is 0 Å². The van der Waals surface area contributed by atoms with Gasteiger partial charge in [0.15, 0.2) is 0 Å². The fourth-order valence-electron chi connectivity index (χ4n) is 2.66. The third kappa shape index (κ3) is 4.16. The van der Waals surface area contributed by atoms with E-state index in [1.165, 1.54) is 25.7 Å². The van der Waals surface area contributed by atoms with Crippen LogP contribution in [0.15, 0.2) is 24.3 Å². The van der Waals surface area contributed by atoms with E-state index in [4.69, 9.17) is 5.73 Å². The monoisotopic (exact) mass is 261 g/mol. The highest BCUT2D eigenvalue weighted by Crippen LogP contribution is 2.28. The molecule has 4 heteroatoms. The molecule has 1 saturated carbocycles. The zero-order valence-corrected chi connectivity index (χ0v) is 11.5. The van der Waals surface area contributed by atoms with Gasteiger partial charge in [-0.1, -0.05) is 26.2 Å². The molecule has 4 nitrogen and oxygen atoms in total. The first-order chi connectivity index (χ1) is 9.15. The average Bonchev–Trinajstić information content (AvgIpc) is 2.40. The van der Waals surface area contributed by atoms with E-state index < -0.39 is 0 Å². The number of hydrogen-bond acceptors (Lipinski definition) is 2. The van der Waals surface area contributed by atoms with Crippen molar-refractivity contribution in [1.29, 1.82) is 0 Å². The topological polar surface area (TPSA) is 67.2 Å². The second-order valence-electron chi connectivity index (χ2n) is 5.48. The van der Waals surface area contributed by atoms with Gasteiger partial charge in [0.2, 0.25) is 0 Å². The third-order valence-electron chi connectivity index (χ3n) is 3.98. The summed E-state index contributed by atoms with van der Waals surface area (Å²) in [6, 6.07) is 7.02. The van der Waals surface area contributed by atoms with Crippen LogP contribution in [0.1, 0.15) is 32.6 Å². The molecule has 1 aromatic rings. The largest absolute Gasteiger partial charge is 0.399 e. The summed E-state index contributed by atoms with van der Waals surface area (Å²) in [4.78, 5) is 11.8. The predicted octanol–water partition coefficient (Wildman–Crippen LogP) is 3.22. The quantitative estimate of drug-likeness (QED) is 0.731. The Balaban J connectivity index is 1.76. The maximum Gasteiger partial charge on any atom is 0.319 e. The Morgan fingerprint density at radius 2 is 1.95 bits per heavy atom. The molecular formula is C15H23N3O. The molecule has 1 fully saturated rings. The molecule has 0 saturated heterocycles. The summed E-state index contributed by atoms with van der Waals surface area (Å²) in [6.07, 6.45) is 5.13. The summed E-state index contributed by atoms with van der Waals surface area (Å²) >= 11 is 0. The summed E-state index contributed by atoms with van der Waals surface area (Å²) in [5.74, 6) is 1.33. The summed E-state index contributed by atoms with van der Waals surface area (Å²) in [7, 11) is 0. The first-order valence-corrected chi connectivity index (χ1v) is 7.05. The number of carbonyl (C=O) groups is 1. The molecular weight excluding hydrogens is 238 g/mol. The number of anilines is 2. The Morgan fingerprint density at radius 3 is 2.63 bits per heavy atom. The van der Waals surface area contributed by atoms with Crippen molar-refractivity contribution < 1.29 is 4.79 Å². The van der Waals surface area contributed by atoms with Gasteiger partial charge in [0.25, 0.3) is 0 Å². The summed E-state index contributed by atoms with van der Waals surface area (Å²) in [5.41, 5.74) is 7.06. The molecule has 0 aliphatic heterocycles. The van der Waals surface area contributed by atoms with Crippen molar-refractivity contribution >= 4 is 17.4 Å². The van der Waals surface area contributed by atoms with Gasteiger partial charge in [-0.3, -0.25) is 0 Å². The summed E-state index contributed by atoms with van der Waals surface area (Å²) < 4.78 is 0. The Morgan fingerprint density at radius 1 is 1.26 bits per heavy atom. The van der Waals surface area contributed by atoms with Gasteiger partial charge in [-0.2, -0.15) is 0 Å². The minimum Gasteiger partial charge on any atom is -0.399 e. The lowest BCUT2D eigenvalue weighted by Crippen LogP contribution is -2.36. The molecule has 0 heterocycles. The van der Waals surface area contributed by atoms with Crippen molar-refractivity contribution in [2.24, 2.45) is 11.8 Å². The van der Waals surface area contributed by atoms with Gasteiger partial charge >= 0.3 is 6.03 Å². The van der Waals surface area contributed by atoms with E-state index in [1.54, 1.807) is 24.3 Å². The SMILES string of the molecule is CC1CCCCC1CNC(=O)Nc1ccc(N)cc1. The number of nitrogens with two attached hydrogens (primary N) is 1. The number of nitrogen functional groups attached to an aromatic ring is 1. The molecule has 1 aliphatic carbocycles. The number of benzene rings is 1. The van der Waals surface area contributed by atoms with Crippen LogP contribution in [-0.4, -0.2) is 12.6 Å². The molecule has 2 amide bonds. The maximum atomic E-state index is 11.8. The molecule has 0 aromatic heterocycles. The minimum absolute atomic E-state index is 0.137. The van der Waals surface area contributed by atoms with Gasteiger partial charge in [0.1, 0.15) is 0 Å². The Labute approximate surface area is 114 Å². The lowest BCUT2D eigenvalue weighted by molar-refractivity contribution is 0.231. The molecule has 1 aliphatic rings. The number of nitrogens with one attached hydrogen (secondary N) is 2. The van der Waals surface area contributed by atoms with Crippen molar-refractivity contribution in [2.75, 3.05) is 17.6 Å². The number of hydrogen-bond donors (Lipinski definition) is 3. The van der Waals surface area contributed by atoms with Crippen molar-refractivity contribution in [1.82, 2.24) is 5.32 Å². The van der Waals surface area contributed by atoms with Crippen molar-refractivity contribution in [3.63, 3.8) is 0 Å². The van der Waals surface area contributed by atoms with E-state index in [2.05, 4.69) is 17.6 Å². The van der Waals surface area contributed by atoms with Crippen LogP contribution in [0.3, 0.4) is 0 Å². The molecule has 19 heavy (non-hydrogen) atoms. The zero-order chi connectivity index (χ0) is 13.7. The van der Waals surface area contributed by atoms with Gasteiger partial charge in [0.05, 0.1) is 0 Å². The van der Waals surface area contributed by atoms with Gasteiger partial charge in [-0.05, 0) is 42.5 Å². The van der Waals surface area contributed by atoms with Crippen LogP contribution < -0.4 is 16.4 Å². The van der Waals surface area contributed by atoms with Crippen molar-refractivity contribution in [2.45, 2.75) is 32.6 Å². The fraction of sp³-hybridized carbons (Fsp3) is 0.533. The first-order valence-electron chi connectivity index (χ1n) is 7.05. The zero-order valence-electron chi connectivity index (χ0n) is 11.5. The highest BCUT2D eigenvalue weighted by molar-refractivity contribution is 5.89. The number of amides is 2. The van der Waals surface area contributed by atoms with E-state index >= 15 is 0 Å². The van der Waals surface area contributed by atoms with E-state index in [9.17, 15) is 4.79 Å². The average molecular weight is 261 g/mol. The lowest BCUT2D eigenvalue weighted by atomic mass is 9.80. The van der Waals surface area contributed by atoms with Gasteiger partial charge in [-0.25, -0.2) is 4.79 Å². The van der Waals surface area contributed by atoms with Crippen molar-refractivity contribution in [3.05, 3.63) is 24.3 Å². The van der Waals surface area contributed by atoms with Crippen LogP contribution in [0.4, 0.5) is 16.2 Å². The highest BCUT2D eigenvalue weighted by Gasteiger charge is 2.21. The number of carbonyl (C=O) groups excluding carboxylic acids is 1. The molecule has 0 bridgehead atoms. The Bertz CT molecular complexity index is 416. The second-order valence-corrected chi connectivity index (χ2v) is 5.48. The fourth-order valence-corrected chi connectivity index (χ4v) is 2.66. The van der Waals surface area contributed by atoms with E-state index in [0.29, 0.717) is 17.5 Å². The van der Waals surface area contributed by atoms with E-state index in [-0.39, 0.29) is 6.03 Å². The Hall–Kier alpha value is -1.71. The highest BCUT2D eigenvalue weighted by atomic mass is 16.2. The smallest absolute Gasteiger partial charge is 0.319 e. The van der Waals surface area contributed by atoms with Gasteiger partial charge < -0.3 is 16.4 Å². The third-order valence-corrected chi connectivity index (χ3v) is 3.98. The molecule has 2 rings (SSSR count).